The topological polar surface area (TPSA) is 16.4 Å². The number of benzene rings is 7. The molecule has 0 aliphatic heterocycles. The molecule has 44 heavy (non-hydrogen) atoms. The van der Waals surface area contributed by atoms with E-state index >= 15 is 0 Å². The molecule has 0 fully saturated rings. The summed E-state index contributed by atoms with van der Waals surface area (Å²) in [5.41, 5.74) is 11.6. The van der Waals surface area contributed by atoms with Gasteiger partial charge in [0, 0.05) is 27.3 Å². The lowest BCUT2D eigenvalue weighted by Crippen LogP contribution is -2.17. The molecule has 0 radical (unpaired) electrons. The number of furan rings is 1. The fourth-order valence-electron chi connectivity index (χ4n) is 7.72. The smallest absolute Gasteiger partial charge is 0.159 e. The van der Waals surface area contributed by atoms with E-state index in [2.05, 4.69) is 153 Å². The van der Waals surface area contributed by atoms with Crippen LogP contribution >= 0.6 is 0 Å². The third kappa shape index (κ3) is 3.37. The molecule has 1 aliphatic carbocycles. The Labute approximate surface area is 256 Å². The molecule has 0 saturated carbocycles. The number of hydrogen-bond donors (Lipinski definition) is 0. The van der Waals surface area contributed by atoms with E-state index in [1.54, 1.807) is 0 Å². The monoisotopic (exact) mass is 565 g/mol. The van der Waals surface area contributed by atoms with Crippen LogP contribution in [0, 0.1) is 6.92 Å². The van der Waals surface area contributed by atoms with Gasteiger partial charge in [0.25, 0.3) is 0 Å². The first-order valence-corrected chi connectivity index (χ1v) is 15.4. The summed E-state index contributed by atoms with van der Waals surface area (Å²) in [5.74, 6) is 0. The summed E-state index contributed by atoms with van der Waals surface area (Å²) < 4.78 is 6.65. The van der Waals surface area contributed by atoms with E-state index in [1.807, 2.05) is 6.07 Å². The van der Waals surface area contributed by atoms with Crippen molar-refractivity contribution in [3.05, 3.63) is 150 Å². The van der Waals surface area contributed by atoms with Crippen molar-refractivity contribution in [2.24, 2.45) is 0 Å². The van der Waals surface area contributed by atoms with Gasteiger partial charge in [-0.05, 0) is 75.2 Å². The molecule has 8 aromatic rings. The first-order chi connectivity index (χ1) is 21.5. The molecule has 0 atom stereocenters. The van der Waals surface area contributed by atoms with E-state index < -0.39 is 0 Å². The second-order valence-electron chi connectivity index (χ2n) is 12.6. The highest BCUT2D eigenvalue weighted by atomic mass is 16.3. The Morgan fingerprint density at radius 1 is 0.545 bits per heavy atom. The maximum atomic E-state index is 6.65. The van der Waals surface area contributed by atoms with Crippen molar-refractivity contribution < 1.29 is 4.42 Å². The maximum Gasteiger partial charge on any atom is 0.159 e. The Hall–Kier alpha value is -5.34. The van der Waals surface area contributed by atoms with Gasteiger partial charge in [0.2, 0.25) is 0 Å². The molecule has 2 heteroatoms. The molecule has 0 amide bonds. The van der Waals surface area contributed by atoms with Crippen LogP contribution in [0.1, 0.15) is 30.5 Å². The normalized spacial score (nSPS) is 13.5. The van der Waals surface area contributed by atoms with Crippen LogP contribution in [-0.4, -0.2) is 0 Å². The summed E-state index contributed by atoms with van der Waals surface area (Å²) in [6.07, 6.45) is 0. The molecule has 1 aliphatic rings. The summed E-state index contributed by atoms with van der Waals surface area (Å²) in [4.78, 5) is 2.43. The molecular formula is C42H31NO. The van der Waals surface area contributed by atoms with E-state index in [0.717, 1.165) is 39.0 Å². The van der Waals surface area contributed by atoms with Crippen LogP contribution in [0.4, 0.5) is 17.1 Å². The molecule has 0 unspecified atom stereocenters. The van der Waals surface area contributed by atoms with Crippen molar-refractivity contribution in [1.29, 1.82) is 0 Å². The van der Waals surface area contributed by atoms with Gasteiger partial charge in [0.05, 0.1) is 11.4 Å². The highest BCUT2D eigenvalue weighted by Crippen LogP contribution is 2.56. The third-order valence-electron chi connectivity index (χ3n) is 9.74. The highest BCUT2D eigenvalue weighted by molar-refractivity contribution is 6.15. The minimum Gasteiger partial charge on any atom is -0.454 e. The van der Waals surface area contributed by atoms with Crippen LogP contribution in [0.15, 0.2) is 138 Å². The Morgan fingerprint density at radius 3 is 2.05 bits per heavy atom. The van der Waals surface area contributed by atoms with Crippen molar-refractivity contribution in [3.63, 3.8) is 0 Å². The van der Waals surface area contributed by atoms with Crippen LogP contribution in [0.2, 0.25) is 0 Å². The van der Waals surface area contributed by atoms with Gasteiger partial charge in [-0.15, -0.1) is 0 Å². The first kappa shape index (κ1) is 25.2. The molecule has 0 spiro atoms. The number of hydrogen-bond acceptors (Lipinski definition) is 2. The summed E-state index contributed by atoms with van der Waals surface area (Å²) in [6.45, 7) is 6.98. The molecule has 7 aromatic carbocycles. The number of para-hydroxylation sites is 3. The van der Waals surface area contributed by atoms with Crippen molar-refractivity contribution in [3.8, 4) is 11.1 Å². The number of anilines is 3. The molecule has 0 N–H and O–H groups in total. The Kier molecular flexibility index (Phi) is 5.20. The largest absolute Gasteiger partial charge is 0.454 e. The van der Waals surface area contributed by atoms with Crippen LogP contribution in [-0.2, 0) is 5.41 Å². The van der Waals surface area contributed by atoms with Crippen LogP contribution in [0.3, 0.4) is 0 Å². The number of aryl methyl sites for hydroxylation is 1. The molecule has 1 aromatic heterocycles. The maximum absolute atomic E-state index is 6.65. The first-order valence-electron chi connectivity index (χ1n) is 15.4. The van der Waals surface area contributed by atoms with Crippen molar-refractivity contribution in [1.82, 2.24) is 0 Å². The zero-order valence-corrected chi connectivity index (χ0v) is 25.1. The van der Waals surface area contributed by atoms with Gasteiger partial charge in [0.1, 0.15) is 5.58 Å². The van der Waals surface area contributed by atoms with E-state index in [0.29, 0.717) is 0 Å². The van der Waals surface area contributed by atoms with Crippen molar-refractivity contribution in [2.45, 2.75) is 26.2 Å². The quantitative estimate of drug-likeness (QED) is 0.212. The minimum atomic E-state index is -0.187. The zero-order chi connectivity index (χ0) is 29.6. The SMILES string of the molecule is Cc1ccccc1N(c1cc2c(c3ccccc13)-c1ccc3ccccc3c1C2(C)C)c1cccc2c1oc1ccccc12. The lowest BCUT2D eigenvalue weighted by molar-refractivity contribution is 0.666. The van der Waals surface area contributed by atoms with Gasteiger partial charge in [-0.25, -0.2) is 0 Å². The molecule has 0 saturated heterocycles. The van der Waals surface area contributed by atoms with Crippen molar-refractivity contribution >= 4 is 60.5 Å². The average Bonchev–Trinajstić information content (AvgIpc) is 3.55. The Morgan fingerprint density at radius 2 is 1.20 bits per heavy atom. The predicted octanol–water partition coefficient (Wildman–Crippen LogP) is 12.0. The van der Waals surface area contributed by atoms with Gasteiger partial charge < -0.3 is 9.32 Å². The predicted molar refractivity (Wildman–Crippen MR) is 186 cm³/mol. The Bertz CT molecular complexity index is 2440. The summed E-state index contributed by atoms with van der Waals surface area (Å²) in [6, 6.07) is 48.4. The fourth-order valence-corrected chi connectivity index (χ4v) is 7.72. The lowest BCUT2D eigenvalue weighted by Gasteiger charge is -2.30. The number of nitrogens with zero attached hydrogens (tertiary/aromatic N) is 1. The van der Waals surface area contributed by atoms with E-state index in [4.69, 9.17) is 4.42 Å². The standard InChI is InChI=1S/C42H31NO/c1-26-13-4-10-20-35(26)43(36-21-12-19-32-30-17-9-11-22-38(30)44-41(32)36)37-25-34-39(31-18-8-7-16-29(31)37)33-24-23-27-14-5-6-15-28(27)40(33)42(34,2)3/h4-25H,1-3H3. The molecule has 2 nitrogen and oxygen atoms in total. The van der Waals surface area contributed by atoms with Crippen LogP contribution in [0.5, 0.6) is 0 Å². The molecule has 210 valence electrons. The number of fused-ring (bicyclic) bond motifs is 10. The summed E-state index contributed by atoms with van der Waals surface area (Å²) >= 11 is 0. The Balaban J connectivity index is 1.41. The minimum absolute atomic E-state index is 0.187. The number of rotatable bonds is 3. The van der Waals surface area contributed by atoms with Crippen LogP contribution in [0.25, 0.3) is 54.6 Å². The van der Waals surface area contributed by atoms with Gasteiger partial charge >= 0.3 is 0 Å². The third-order valence-corrected chi connectivity index (χ3v) is 9.74. The van der Waals surface area contributed by atoms with Gasteiger partial charge in [-0.3, -0.25) is 0 Å². The zero-order valence-electron chi connectivity index (χ0n) is 25.1. The van der Waals surface area contributed by atoms with Gasteiger partial charge in [0.15, 0.2) is 5.58 Å². The highest BCUT2D eigenvalue weighted by Gasteiger charge is 2.39. The van der Waals surface area contributed by atoms with Crippen molar-refractivity contribution in [2.75, 3.05) is 4.90 Å². The van der Waals surface area contributed by atoms with Gasteiger partial charge in [-0.1, -0.05) is 123 Å². The molecule has 1 heterocycles. The van der Waals surface area contributed by atoms with Crippen LogP contribution < -0.4 is 4.90 Å². The van der Waals surface area contributed by atoms with E-state index in [-0.39, 0.29) is 5.41 Å². The molecule has 9 rings (SSSR count). The van der Waals surface area contributed by atoms with E-state index in [9.17, 15) is 0 Å². The average molecular weight is 566 g/mol. The van der Waals surface area contributed by atoms with E-state index in [1.165, 1.54) is 49.4 Å². The lowest BCUT2D eigenvalue weighted by atomic mass is 9.79. The summed E-state index contributed by atoms with van der Waals surface area (Å²) in [5, 5.41) is 7.38. The second kappa shape index (κ2) is 9.08. The molecule has 0 bridgehead atoms. The summed E-state index contributed by atoms with van der Waals surface area (Å²) in [7, 11) is 0. The fraction of sp³-hybridized carbons (Fsp3) is 0.0952. The van der Waals surface area contributed by atoms with Gasteiger partial charge in [-0.2, -0.15) is 0 Å². The molecular weight excluding hydrogens is 534 g/mol. The second-order valence-corrected chi connectivity index (χ2v) is 12.6.